The first kappa shape index (κ1) is 14.3. The topological polar surface area (TPSA) is 41.1 Å². The van der Waals surface area contributed by atoms with E-state index in [9.17, 15) is 0 Å². The maximum Gasteiger partial charge on any atom is 0.150 e. The Labute approximate surface area is 120 Å². The van der Waals surface area contributed by atoms with Gasteiger partial charge in [-0.15, -0.1) is 0 Å². The third kappa shape index (κ3) is 3.70. The number of aromatic nitrogens is 2. The minimum atomic E-state index is 0.698. The summed E-state index contributed by atoms with van der Waals surface area (Å²) in [5, 5.41) is 3.24. The second kappa shape index (κ2) is 6.37. The van der Waals surface area contributed by atoms with Crippen LogP contribution in [0.5, 0.6) is 0 Å². The van der Waals surface area contributed by atoms with Crippen molar-refractivity contribution in [3.63, 3.8) is 0 Å². The van der Waals surface area contributed by atoms with E-state index in [0.717, 1.165) is 23.9 Å². The largest absolute Gasteiger partial charge is 0.370 e. The monoisotopic (exact) mass is 270 g/mol. The average molecular weight is 270 g/mol. The Morgan fingerprint density at radius 3 is 2.45 bits per heavy atom. The van der Waals surface area contributed by atoms with Crippen LogP contribution < -0.4 is 10.2 Å². The Morgan fingerprint density at radius 1 is 1.10 bits per heavy atom. The number of aryl methyl sites for hydroxylation is 2. The van der Waals surface area contributed by atoms with Crippen LogP contribution in [0.25, 0.3) is 0 Å². The van der Waals surface area contributed by atoms with Gasteiger partial charge in [0.2, 0.25) is 0 Å². The predicted octanol–water partition coefficient (Wildman–Crippen LogP) is 3.16. The molecule has 0 amide bonds. The summed E-state index contributed by atoms with van der Waals surface area (Å²) in [6.07, 6.45) is 0. The first-order chi connectivity index (χ1) is 9.58. The highest BCUT2D eigenvalue weighted by Crippen LogP contribution is 2.16. The summed E-state index contributed by atoms with van der Waals surface area (Å²) >= 11 is 0. The molecule has 0 saturated heterocycles. The third-order valence-corrected chi connectivity index (χ3v) is 3.11. The van der Waals surface area contributed by atoms with Crippen LogP contribution in [0.4, 0.5) is 11.5 Å². The van der Waals surface area contributed by atoms with Gasteiger partial charge in [0.25, 0.3) is 0 Å². The maximum absolute atomic E-state index is 4.54. The number of nitrogens with one attached hydrogen (secondary N) is 1. The molecule has 0 spiro atoms. The number of nitrogens with zero attached hydrogens (tertiary/aromatic N) is 3. The normalized spacial score (nSPS) is 10.4. The van der Waals surface area contributed by atoms with Crippen molar-refractivity contribution in [3.8, 4) is 0 Å². The third-order valence-electron chi connectivity index (χ3n) is 3.11. The van der Waals surface area contributed by atoms with Gasteiger partial charge in [-0.2, -0.15) is 0 Å². The first-order valence-corrected chi connectivity index (χ1v) is 6.94. The number of hydrogen-bond donors (Lipinski definition) is 1. The van der Waals surface area contributed by atoms with E-state index in [1.165, 1.54) is 11.3 Å². The zero-order valence-electron chi connectivity index (χ0n) is 12.6. The second-order valence-electron chi connectivity index (χ2n) is 5.03. The summed E-state index contributed by atoms with van der Waals surface area (Å²) in [4.78, 5) is 11.2. The van der Waals surface area contributed by atoms with Crippen LogP contribution in [0.15, 0.2) is 30.3 Å². The van der Waals surface area contributed by atoms with Crippen molar-refractivity contribution in [2.45, 2.75) is 27.3 Å². The molecule has 20 heavy (non-hydrogen) atoms. The highest BCUT2D eigenvalue weighted by atomic mass is 15.1. The van der Waals surface area contributed by atoms with Gasteiger partial charge < -0.3 is 10.2 Å². The highest BCUT2D eigenvalue weighted by molar-refractivity contribution is 5.47. The summed E-state index contributed by atoms with van der Waals surface area (Å²) in [6.45, 7) is 7.72. The van der Waals surface area contributed by atoms with Gasteiger partial charge in [-0.1, -0.05) is 17.7 Å². The molecule has 0 aliphatic carbocycles. The Balaban J connectivity index is 2.14. The molecule has 1 aromatic carbocycles. The fraction of sp³-hybridized carbons (Fsp3) is 0.375. The van der Waals surface area contributed by atoms with Crippen molar-refractivity contribution >= 4 is 11.5 Å². The molecule has 2 aromatic rings. The molecule has 0 aliphatic rings. The van der Waals surface area contributed by atoms with E-state index in [-0.39, 0.29) is 0 Å². The van der Waals surface area contributed by atoms with E-state index in [2.05, 4.69) is 65.3 Å². The number of rotatable bonds is 5. The van der Waals surface area contributed by atoms with Gasteiger partial charge in [-0.3, -0.25) is 0 Å². The molecule has 106 valence electrons. The van der Waals surface area contributed by atoms with Gasteiger partial charge >= 0.3 is 0 Å². The Morgan fingerprint density at radius 2 is 1.80 bits per heavy atom. The summed E-state index contributed by atoms with van der Waals surface area (Å²) in [6, 6.07) is 10.4. The zero-order valence-corrected chi connectivity index (χ0v) is 12.6. The Kier molecular flexibility index (Phi) is 4.56. The van der Waals surface area contributed by atoms with E-state index in [0.29, 0.717) is 6.54 Å². The van der Waals surface area contributed by atoms with E-state index in [4.69, 9.17) is 0 Å². The van der Waals surface area contributed by atoms with Gasteiger partial charge in [0.15, 0.2) is 0 Å². The van der Waals surface area contributed by atoms with Crippen LogP contribution in [-0.4, -0.2) is 23.6 Å². The molecule has 4 heteroatoms. The molecule has 0 aliphatic heterocycles. The number of benzene rings is 1. The predicted molar refractivity (Wildman–Crippen MR) is 84.2 cm³/mol. The van der Waals surface area contributed by atoms with E-state index in [1.807, 2.05) is 13.0 Å². The molecule has 0 unspecified atom stereocenters. The molecule has 0 atom stereocenters. The van der Waals surface area contributed by atoms with Crippen LogP contribution >= 0.6 is 0 Å². The van der Waals surface area contributed by atoms with Crippen molar-refractivity contribution in [1.29, 1.82) is 0 Å². The maximum atomic E-state index is 4.54. The molecule has 1 N–H and O–H groups in total. The van der Waals surface area contributed by atoms with Gasteiger partial charge in [-0.05, 0) is 32.9 Å². The fourth-order valence-corrected chi connectivity index (χ4v) is 2.08. The van der Waals surface area contributed by atoms with Crippen molar-refractivity contribution in [3.05, 3.63) is 47.4 Å². The second-order valence-corrected chi connectivity index (χ2v) is 5.03. The van der Waals surface area contributed by atoms with Crippen molar-refractivity contribution in [2.75, 3.05) is 23.8 Å². The van der Waals surface area contributed by atoms with Crippen molar-refractivity contribution in [2.24, 2.45) is 0 Å². The van der Waals surface area contributed by atoms with Crippen molar-refractivity contribution in [1.82, 2.24) is 9.97 Å². The lowest BCUT2D eigenvalue weighted by Crippen LogP contribution is -2.19. The van der Waals surface area contributed by atoms with Gasteiger partial charge in [0.05, 0.1) is 6.54 Å². The SMILES string of the molecule is CCNc1cc(C)nc(CN(C)c2ccc(C)cc2)n1. The first-order valence-electron chi connectivity index (χ1n) is 6.94. The molecule has 0 bridgehead atoms. The van der Waals surface area contributed by atoms with Crippen LogP contribution in [0.3, 0.4) is 0 Å². The van der Waals surface area contributed by atoms with Crippen LogP contribution in [-0.2, 0) is 6.54 Å². The Hall–Kier alpha value is -2.10. The lowest BCUT2D eigenvalue weighted by atomic mass is 10.2. The van der Waals surface area contributed by atoms with E-state index in [1.54, 1.807) is 0 Å². The molecule has 4 nitrogen and oxygen atoms in total. The van der Waals surface area contributed by atoms with Gasteiger partial charge in [-0.25, -0.2) is 9.97 Å². The molecule has 0 radical (unpaired) electrons. The quantitative estimate of drug-likeness (QED) is 0.906. The smallest absolute Gasteiger partial charge is 0.150 e. The average Bonchev–Trinajstić information content (AvgIpc) is 2.39. The summed E-state index contributed by atoms with van der Waals surface area (Å²) < 4.78 is 0. The zero-order chi connectivity index (χ0) is 14.5. The highest BCUT2D eigenvalue weighted by Gasteiger charge is 2.06. The van der Waals surface area contributed by atoms with Crippen LogP contribution in [0, 0.1) is 13.8 Å². The molecule has 2 rings (SSSR count). The molecule has 0 fully saturated rings. The van der Waals surface area contributed by atoms with E-state index < -0.39 is 0 Å². The van der Waals surface area contributed by atoms with Crippen LogP contribution in [0.1, 0.15) is 24.0 Å². The molecule has 1 heterocycles. The molecule has 0 saturated carbocycles. The van der Waals surface area contributed by atoms with Crippen molar-refractivity contribution < 1.29 is 0 Å². The minimum Gasteiger partial charge on any atom is -0.370 e. The van der Waals surface area contributed by atoms with Crippen LogP contribution in [0.2, 0.25) is 0 Å². The Bertz CT molecular complexity index is 563. The summed E-state index contributed by atoms with van der Waals surface area (Å²) in [5.41, 5.74) is 3.43. The summed E-state index contributed by atoms with van der Waals surface area (Å²) in [5.74, 6) is 1.73. The number of hydrogen-bond acceptors (Lipinski definition) is 4. The molecule has 1 aromatic heterocycles. The van der Waals surface area contributed by atoms with Gasteiger partial charge in [0.1, 0.15) is 11.6 Å². The van der Waals surface area contributed by atoms with E-state index >= 15 is 0 Å². The fourth-order valence-electron chi connectivity index (χ4n) is 2.08. The minimum absolute atomic E-state index is 0.698. The lowest BCUT2D eigenvalue weighted by molar-refractivity contribution is 0.828. The van der Waals surface area contributed by atoms with Gasteiger partial charge in [0, 0.05) is 31.0 Å². The number of anilines is 2. The summed E-state index contributed by atoms with van der Waals surface area (Å²) in [7, 11) is 2.06. The lowest BCUT2D eigenvalue weighted by Gasteiger charge is -2.19. The standard InChI is InChI=1S/C16H22N4/c1-5-17-15-10-13(3)18-16(19-15)11-20(4)14-8-6-12(2)7-9-14/h6-10H,5,11H2,1-4H3,(H,17,18,19). The molecular formula is C16H22N4. The molecular weight excluding hydrogens is 248 g/mol.